The van der Waals surface area contributed by atoms with Crippen LogP contribution in [0.25, 0.3) is 11.1 Å². The van der Waals surface area contributed by atoms with Crippen LogP contribution in [0.1, 0.15) is 27.9 Å². The van der Waals surface area contributed by atoms with E-state index >= 15 is 0 Å². The van der Waals surface area contributed by atoms with Gasteiger partial charge in [0.05, 0.1) is 0 Å². The normalized spacial score (nSPS) is 10.7. The third kappa shape index (κ3) is 2.30. The van der Waals surface area contributed by atoms with E-state index in [4.69, 9.17) is 0 Å². The average molecular weight is 246 g/mol. The highest BCUT2D eigenvalue weighted by Crippen LogP contribution is 2.32. The van der Waals surface area contributed by atoms with Gasteiger partial charge in [-0.2, -0.15) is 0 Å². The van der Waals surface area contributed by atoms with E-state index in [1.54, 1.807) is 36.4 Å². The summed E-state index contributed by atoms with van der Waals surface area (Å²) >= 11 is 0. The summed E-state index contributed by atoms with van der Waals surface area (Å²) in [5, 5.41) is 0. The van der Waals surface area contributed by atoms with E-state index in [1.807, 2.05) is 6.92 Å². The van der Waals surface area contributed by atoms with Gasteiger partial charge in [0.1, 0.15) is 6.29 Å². The Morgan fingerprint density at radius 1 is 1.06 bits per heavy atom. The van der Waals surface area contributed by atoms with E-state index in [2.05, 4.69) is 0 Å². The molecule has 0 spiro atoms. The number of carbonyl (C=O) groups is 1. The van der Waals surface area contributed by atoms with Gasteiger partial charge < -0.3 is 0 Å². The van der Waals surface area contributed by atoms with Crippen LogP contribution in [0.15, 0.2) is 42.5 Å². The summed E-state index contributed by atoms with van der Waals surface area (Å²) in [6, 6.07) is 11.5. The Kier molecular flexibility index (Phi) is 3.51. The zero-order valence-corrected chi connectivity index (χ0v) is 9.86. The number of benzene rings is 2. The lowest BCUT2D eigenvalue weighted by Gasteiger charge is -2.11. The molecule has 0 radical (unpaired) electrons. The summed E-state index contributed by atoms with van der Waals surface area (Å²) < 4.78 is 25.9. The highest BCUT2D eigenvalue weighted by atomic mass is 19.3. The number of aldehydes is 1. The molecule has 0 aliphatic rings. The first kappa shape index (κ1) is 12.4. The predicted octanol–water partition coefficient (Wildman–Crippen LogP) is 4.41. The van der Waals surface area contributed by atoms with Crippen LogP contribution >= 0.6 is 0 Å². The Bertz CT molecular complexity index is 576. The fourth-order valence-electron chi connectivity index (χ4n) is 1.99. The summed E-state index contributed by atoms with van der Waals surface area (Å²) in [5.74, 6) is 0. The number of carbonyl (C=O) groups excluding carboxylic acids is 1. The Balaban J connectivity index is 2.58. The van der Waals surface area contributed by atoms with Crippen molar-refractivity contribution in [2.24, 2.45) is 0 Å². The maximum Gasteiger partial charge on any atom is 0.264 e. The molecule has 0 bridgehead atoms. The molecular weight excluding hydrogens is 234 g/mol. The van der Waals surface area contributed by atoms with Crippen molar-refractivity contribution >= 4 is 6.29 Å². The van der Waals surface area contributed by atoms with Crippen LogP contribution in [0.3, 0.4) is 0 Å². The molecule has 0 saturated heterocycles. The fourth-order valence-corrected chi connectivity index (χ4v) is 1.99. The maximum absolute atomic E-state index is 12.9. The zero-order chi connectivity index (χ0) is 13.1. The van der Waals surface area contributed by atoms with Crippen LogP contribution < -0.4 is 0 Å². The molecule has 0 atom stereocenters. The first-order chi connectivity index (χ1) is 8.63. The number of alkyl halides is 2. The lowest BCUT2D eigenvalue weighted by molar-refractivity contribution is 0.112. The zero-order valence-electron chi connectivity index (χ0n) is 9.86. The monoisotopic (exact) mass is 246 g/mol. The second kappa shape index (κ2) is 5.08. The molecule has 0 aromatic heterocycles. The van der Waals surface area contributed by atoms with E-state index in [0.717, 1.165) is 17.4 Å². The SMILES string of the molecule is Cc1cc(C=O)ccc1-c1ccccc1C(F)F. The van der Waals surface area contributed by atoms with Gasteiger partial charge >= 0.3 is 0 Å². The molecule has 0 saturated carbocycles. The Morgan fingerprint density at radius 3 is 2.39 bits per heavy atom. The first-order valence-corrected chi connectivity index (χ1v) is 5.56. The van der Waals surface area contributed by atoms with Gasteiger partial charge in [0.25, 0.3) is 6.43 Å². The third-order valence-corrected chi connectivity index (χ3v) is 2.87. The maximum atomic E-state index is 12.9. The van der Waals surface area contributed by atoms with Crippen LogP contribution in [0.5, 0.6) is 0 Å². The van der Waals surface area contributed by atoms with Crippen LogP contribution in [0, 0.1) is 6.92 Å². The van der Waals surface area contributed by atoms with Crippen molar-refractivity contribution in [1.82, 2.24) is 0 Å². The number of aryl methyl sites for hydroxylation is 1. The molecule has 0 heterocycles. The van der Waals surface area contributed by atoms with Gasteiger partial charge in [0, 0.05) is 11.1 Å². The standard InChI is InChI=1S/C15H12F2O/c1-10-8-11(9-18)6-7-12(10)13-4-2-3-5-14(13)15(16)17/h2-9,15H,1H3. The quantitative estimate of drug-likeness (QED) is 0.733. The van der Waals surface area contributed by atoms with Gasteiger partial charge in [-0.15, -0.1) is 0 Å². The van der Waals surface area contributed by atoms with Gasteiger partial charge in [0.15, 0.2) is 0 Å². The molecule has 0 amide bonds. The molecule has 0 fully saturated rings. The number of hydrogen-bond acceptors (Lipinski definition) is 1. The van der Waals surface area contributed by atoms with Crippen LogP contribution in [-0.4, -0.2) is 6.29 Å². The Hall–Kier alpha value is -2.03. The second-order valence-corrected chi connectivity index (χ2v) is 4.08. The van der Waals surface area contributed by atoms with Gasteiger partial charge in [-0.25, -0.2) is 8.78 Å². The molecule has 2 rings (SSSR count). The predicted molar refractivity (Wildman–Crippen MR) is 67.0 cm³/mol. The van der Waals surface area contributed by atoms with Crippen molar-refractivity contribution in [1.29, 1.82) is 0 Å². The minimum atomic E-state index is -2.51. The van der Waals surface area contributed by atoms with Crippen LogP contribution in [0.2, 0.25) is 0 Å². The summed E-state index contributed by atoms with van der Waals surface area (Å²) in [5.41, 5.74) is 2.62. The van der Waals surface area contributed by atoms with Crippen molar-refractivity contribution in [3.63, 3.8) is 0 Å². The van der Waals surface area contributed by atoms with Gasteiger partial charge in [-0.3, -0.25) is 4.79 Å². The van der Waals surface area contributed by atoms with Crippen molar-refractivity contribution < 1.29 is 13.6 Å². The highest BCUT2D eigenvalue weighted by molar-refractivity contribution is 5.79. The molecule has 0 N–H and O–H groups in total. The number of rotatable bonds is 3. The molecular formula is C15H12F2O. The van der Waals surface area contributed by atoms with Crippen LogP contribution in [0.4, 0.5) is 8.78 Å². The van der Waals surface area contributed by atoms with Gasteiger partial charge in [-0.05, 0) is 29.7 Å². The topological polar surface area (TPSA) is 17.1 Å². The second-order valence-electron chi connectivity index (χ2n) is 4.08. The fraction of sp³-hybridized carbons (Fsp3) is 0.133. The molecule has 2 aromatic carbocycles. The van der Waals surface area contributed by atoms with E-state index in [0.29, 0.717) is 11.1 Å². The van der Waals surface area contributed by atoms with Crippen LogP contribution in [-0.2, 0) is 0 Å². The summed E-state index contributed by atoms with van der Waals surface area (Å²) in [6.45, 7) is 1.81. The average Bonchev–Trinajstić information content (AvgIpc) is 2.38. The van der Waals surface area contributed by atoms with E-state index in [1.165, 1.54) is 6.07 Å². The van der Waals surface area contributed by atoms with E-state index < -0.39 is 6.43 Å². The lowest BCUT2D eigenvalue weighted by atomic mass is 9.95. The first-order valence-electron chi connectivity index (χ1n) is 5.56. The summed E-state index contributed by atoms with van der Waals surface area (Å²) in [6.07, 6.45) is -1.76. The highest BCUT2D eigenvalue weighted by Gasteiger charge is 2.14. The molecule has 3 heteroatoms. The molecule has 0 aliphatic heterocycles. The molecule has 92 valence electrons. The van der Waals surface area contributed by atoms with Gasteiger partial charge in [-0.1, -0.05) is 36.4 Å². The van der Waals surface area contributed by atoms with Crippen molar-refractivity contribution in [2.75, 3.05) is 0 Å². The third-order valence-electron chi connectivity index (χ3n) is 2.87. The van der Waals surface area contributed by atoms with Crippen molar-refractivity contribution in [2.45, 2.75) is 13.3 Å². The van der Waals surface area contributed by atoms with E-state index in [9.17, 15) is 13.6 Å². The summed E-state index contributed by atoms with van der Waals surface area (Å²) in [4.78, 5) is 10.7. The Morgan fingerprint density at radius 2 is 1.78 bits per heavy atom. The molecule has 2 aromatic rings. The summed E-state index contributed by atoms with van der Waals surface area (Å²) in [7, 11) is 0. The molecule has 0 aliphatic carbocycles. The Labute approximate surface area is 104 Å². The van der Waals surface area contributed by atoms with E-state index in [-0.39, 0.29) is 5.56 Å². The van der Waals surface area contributed by atoms with Crippen molar-refractivity contribution in [3.05, 3.63) is 59.2 Å². The molecule has 1 nitrogen and oxygen atoms in total. The van der Waals surface area contributed by atoms with Crippen molar-refractivity contribution in [3.8, 4) is 11.1 Å². The number of hydrogen-bond donors (Lipinski definition) is 0. The largest absolute Gasteiger partial charge is 0.298 e. The number of halogens is 2. The minimum Gasteiger partial charge on any atom is -0.298 e. The smallest absolute Gasteiger partial charge is 0.264 e. The molecule has 18 heavy (non-hydrogen) atoms. The van der Waals surface area contributed by atoms with Gasteiger partial charge in [0.2, 0.25) is 0 Å². The minimum absolute atomic E-state index is 0.0134. The molecule has 0 unspecified atom stereocenters. The lowest BCUT2D eigenvalue weighted by Crippen LogP contribution is -1.93.